The third-order valence-electron chi connectivity index (χ3n) is 3.30. The standard InChI is InChI=1S/C17H17BrN2O4S/c1-22-11-5-7-15(24-3)13(9-11)19-17(25)20-16(21)10-4-6-14(23-2)12(18)8-10/h4-9H,1-3H3,(H2,19,20,21,25). The van der Waals surface area contributed by atoms with Gasteiger partial charge in [-0.25, -0.2) is 0 Å². The number of anilines is 1. The van der Waals surface area contributed by atoms with Crippen LogP contribution in [0.4, 0.5) is 5.69 Å². The first kappa shape index (κ1) is 19.0. The fourth-order valence-electron chi connectivity index (χ4n) is 2.05. The number of rotatable bonds is 5. The molecule has 2 rings (SSSR count). The van der Waals surface area contributed by atoms with E-state index >= 15 is 0 Å². The van der Waals surface area contributed by atoms with E-state index in [0.29, 0.717) is 33.0 Å². The van der Waals surface area contributed by atoms with Gasteiger partial charge in [0.15, 0.2) is 5.11 Å². The molecule has 0 aromatic heterocycles. The van der Waals surface area contributed by atoms with Crippen LogP contribution in [-0.4, -0.2) is 32.3 Å². The Balaban J connectivity index is 2.09. The highest BCUT2D eigenvalue weighted by Crippen LogP contribution is 2.29. The summed E-state index contributed by atoms with van der Waals surface area (Å²) in [6.07, 6.45) is 0. The highest BCUT2D eigenvalue weighted by molar-refractivity contribution is 9.10. The molecule has 2 N–H and O–H groups in total. The molecule has 132 valence electrons. The molecule has 0 atom stereocenters. The fourth-order valence-corrected chi connectivity index (χ4v) is 2.79. The Bertz CT molecular complexity index is 798. The van der Waals surface area contributed by atoms with Crippen molar-refractivity contribution in [3.05, 3.63) is 46.4 Å². The molecule has 2 aromatic carbocycles. The predicted molar refractivity (Wildman–Crippen MR) is 104 cm³/mol. The molecule has 0 heterocycles. The largest absolute Gasteiger partial charge is 0.497 e. The van der Waals surface area contributed by atoms with E-state index in [9.17, 15) is 4.79 Å². The summed E-state index contributed by atoms with van der Waals surface area (Å²) >= 11 is 8.55. The smallest absolute Gasteiger partial charge is 0.257 e. The van der Waals surface area contributed by atoms with Crippen LogP contribution in [0.25, 0.3) is 0 Å². The van der Waals surface area contributed by atoms with Gasteiger partial charge in [-0.2, -0.15) is 0 Å². The highest BCUT2D eigenvalue weighted by Gasteiger charge is 2.12. The van der Waals surface area contributed by atoms with Gasteiger partial charge in [0, 0.05) is 11.6 Å². The first-order chi connectivity index (χ1) is 12.0. The van der Waals surface area contributed by atoms with Crippen molar-refractivity contribution in [2.24, 2.45) is 0 Å². The molecule has 0 bridgehead atoms. The fraction of sp³-hybridized carbons (Fsp3) is 0.176. The van der Waals surface area contributed by atoms with Crippen molar-refractivity contribution < 1.29 is 19.0 Å². The quantitative estimate of drug-likeness (QED) is 0.714. The van der Waals surface area contributed by atoms with Crippen molar-refractivity contribution >= 4 is 44.9 Å². The second-order valence-corrected chi connectivity index (χ2v) is 6.09. The molecule has 0 aliphatic heterocycles. The number of amides is 1. The first-order valence-electron chi connectivity index (χ1n) is 7.16. The van der Waals surface area contributed by atoms with E-state index in [4.69, 9.17) is 26.4 Å². The summed E-state index contributed by atoms with van der Waals surface area (Å²) in [6, 6.07) is 10.2. The average Bonchev–Trinajstić information content (AvgIpc) is 2.61. The number of carbonyl (C=O) groups excluding carboxylic acids is 1. The van der Waals surface area contributed by atoms with Gasteiger partial charge in [0.25, 0.3) is 5.91 Å². The van der Waals surface area contributed by atoms with Crippen LogP contribution >= 0.6 is 28.1 Å². The van der Waals surface area contributed by atoms with Gasteiger partial charge in [-0.1, -0.05) is 0 Å². The number of ether oxygens (including phenoxy) is 3. The van der Waals surface area contributed by atoms with Gasteiger partial charge >= 0.3 is 0 Å². The van der Waals surface area contributed by atoms with Crippen LogP contribution in [0.15, 0.2) is 40.9 Å². The van der Waals surface area contributed by atoms with E-state index in [1.807, 2.05) is 0 Å². The molecule has 0 aliphatic carbocycles. The third kappa shape index (κ3) is 4.83. The maximum atomic E-state index is 12.3. The topological polar surface area (TPSA) is 68.8 Å². The van der Waals surface area contributed by atoms with Crippen molar-refractivity contribution in [3.63, 3.8) is 0 Å². The van der Waals surface area contributed by atoms with Gasteiger partial charge in [0.1, 0.15) is 17.2 Å². The molecular formula is C17H17BrN2O4S. The highest BCUT2D eigenvalue weighted by atomic mass is 79.9. The lowest BCUT2D eigenvalue weighted by molar-refractivity contribution is 0.0977. The van der Waals surface area contributed by atoms with Crippen LogP contribution in [0.1, 0.15) is 10.4 Å². The molecule has 8 heteroatoms. The van der Waals surface area contributed by atoms with Gasteiger partial charge in [-0.15, -0.1) is 0 Å². The molecule has 0 saturated heterocycles. The molecule has 0 saturated carbocycles. The Hall–Kier alpha value is -2.32. The lowest BCUT2D eigenvalue weighted by atomic mass is 10.2. The Morgan fingerprint density at radius 2 is 1.68 bits per heavy atom. The predicted octanol–water partition coefficient (Wildman–Crippen LogP) is 3.60. The summed E-state index contributed by atoms with van der Waals surface area (Å²) < 4.78 is 16.3. The van der Waals surface area contributed by atoms with Gasteiger partial charge in [0.05, 0.1) is 31.5 Å². The number of carbonyl (C=O) groups is 1. The van der Waals surface area contributed by atoms with E-state index in [-0.39, 0.29) is 11.0 Å². The molecular weight excluding hydrogens is 408 g/mol. The molecule has 0 aliphatic rings. The van der Waals surface area contributed by atoms with Gasteiger partial charge in [-0.3, -0.25) is 10.1 Å². The molecule has 0 radical (unpaired) electrons. The van der Waals surface area contributed by atoms with Gasteiger partial charge < -0.3 is 19.5 Å². The number of hydrogen-bond donors (Lipinski definition) is 2. The molecule has 6 nitrogen and oxygen atoms in total. The van der Waals surface area contributed by atoms with E-state index in [1.165, 1.54) is 0 Å². The zero-order chi connectivity index (χ0) is 18.4. The summed E-state index contributed by atoms with van der Waals surface area (Å²) in [7, 11) is 4.66. The van der Waals surface area contributed by atoms with Crippen LogP contribution < -0.4 is 24.8 Å². The zero-order valence-corrected chi connectivity index (χ0v) is 16.3. The number of nitrogens with one attached hydrogen (secondary N) is 2. The van der Waals surface area contributed by atoms with Crippen molar-refractivity contribution in [1.29, 1.82) is 0 Å². The van der Waals surface area contributed by atoms with Gasteiger partial charge in [-0.05, 0) is 58.5 Å². The van der Waals surface area contributed by atoms with Crippen molar-refractivity contribution in [3.8, 4) is 17.2 Å². The van der Waals surface area contributed by atoms with Crippen molar-refractivity contribution in [1.82, 2.24) is 5.32 Å². The number of hydrogen-bond acceptors (Lipinski definition) is 5. The summed E-state index contributed by atoms with van der Waals surface area (Å²) in [4.78, 5) is 12.3. The monoisotopic (exact) mass is 424 g/mol. The van der Waals surface area contributed by atoms with E-state index in [2.05, 4.69) is 26.6 Å². The van der Waals surface area contributed by atoms with E-state index in [0.717, 1.165) is 0 Å². The van der Waals surface area contributed by atoms with Crippen LogP contribution in [0.2, 0.25) is 0 Å². The van der Waals surface area contributed by atoms with Crippen LogP contribution in [0.5, 0.6) is 17.2 Å². The second kappa shape index (κ2) is 8.68. The minimum absolute atomic E-state index is 0.142. The lowest BCUT2D eigenvalue weighted by Gasteiger charge is -2.14. The normalized spacial score (nSPS) is 9.92. The van der Waals surface area contributed by atoms with E-state index in [1.54, 1.807) is 57.7 Å². The summed E-state index contributed by atoms with van der Waals surface area (Å²) in [5, 5.41) is 5.70. The maximum absolute atomic E-state index is 12.3. The first-order valence-corrected chi connectivity index (χ1v) is 8.36. The van der Waals surface area contributed by atoms with E-state index < -0.39 is 0 Å². The maximum Gasteiger partial charge on any atom is 0.257 e. The Labute approximate surface area is 159 Å². The molecule has 0 fully saturated rings. The minimum atomic E-state index is -0.345. The average molecular weight is 425 g/mol. The summed E-state index contributed by atoms with van der Waals surface area (Å²) in [5.74, 6) is 1.50. The number of benzene rings is 2. The molecule has 1 amide bonds. The second-order valence-electron chi connectivity index (χ2n) is 4.82. The number of methoxy groups -OCH3 is 3. The minimum Gasteiger partial charge on any atom is -0.497 e. The Kier molecular flexibility index (Phi) is 6.60. The van der Waals surface area contributed by atoms with Gasteiger partial charge in [0.2, 0.25) is 0 Å². The summed E-state index contributed by atoms with van der Waals surface area (Å²) in [6.45, 7) is 0. The Morgan fingerprint density at radius 1 is 1.00 bits per heavy atom. The van der Waals surface area contributed by atoms with Crippen LogP contribution in [-0.2, 0) is 0 Å². The SMILES string of the molecule is COc1ccc(OC)c(NC(=S)NC(=O)c2ccc(OC)c(Br)c2)c1. The lowest BCUT2D eigenvalue weighted by Crippen LogP contribution is -2.34. The molecule has 0 spiro atoms. The van der Waals surface area contributed by atoms with Crippen molar-refractivity contribution in [2.45, 2.75) is 0 Å². The zero-order valence-electron chi connectivity index (χ0n) is 13.9. The van der Waals surface area contributed by atoms with Crippen LogP contribution in [0, 0.1) is 0 Å². The van der Waals surface area contributed by atoms with Crippen LogP contribution in [0.3, 0.4) is 0 Å². The molecule has 0 unspecified atom stereocenters. The molecule has 25 heavy (non-hydrogen) atoms. The third-order valence-corrected chi connectivity index (χ3v) is 4.12. The summed E-state index contributed by atoms with van der Waals surface area (Å²) in [5.41, 5.74) is 1.03. The number of thiocarbonyl (C=S) groups is 1. The Morgan fingerprint density at radius 3 is 2.28 bits per heavy atom. The molecule has 2 aromatic rings. The number of halogens is 1. The van der Waals surface area contributed by atoms with Crippen molar-refractivity contribution in [2.75, 3.05) is 26.6 Å².